The molecule has 0 spiro atoms. The number of aliphatic imine (C=N–C) groups is 1. The first-order valence-corrected chi connectivity index (χ1v) is 11.1. The van der Waals surface area contributed by atoms with Gasteiger partial charge in [0.05, 0.1) is 11.7 Å². The second kappa shape index (κ2) is 9.59. The molecule has 1 saturated heterocycles. The maximum absolute atomic E-state index is 13.5. The Labute approximate surface area is 189 Å². The van der Waals surface area contributed by atoms with E-state index >= 15 is 0 Å². The Balaban J connectivity index is 1.93. The van der Waals surface area contributed by atoms with Gasteiger partial charge in [0.2, 0.25) is 0 Å². The van der Waals surface area contributed by atoms with Gasteiger partial charge in [-0.2, -0.15) is 0 Å². The van der Waals surface area contributed by atoms with Gasteiger partial charge in [0.1, 0.15) is 11.7 Å². The third-order valence-electron chi connectivity index (χ3n) is 6.12. The Morgan fingerprint density at radius 1 is 1.41 bits per heavy atom. The summed E-state index contributed by atoms with van der Waals surface area (Å²) in [7, 11) is 2.00. The summed E-state index contributed by atoms with van der Waals surface area (Å²) in [6.07, 6.45) is 2.66. The van der Waals surface area contributed by atoms with Gasteiger partial charge in [0.25, 0.3) is 5.91 Å². The fourth-order valence-electron chi connectivity index (χ4n) is 4.22. The lowest BCUT2D eigenvalue weighted by molar-refractivity contribution is -0.117. The van der Waals surface area contributed by atoms with Crippen molar-refractivity contribution in [1.29, 1.82) is 0 Å². The van der Waals surface area contributed by atoms with Gasteiger partial charge in [-0.1, -0.05) is 25.6 Å². The molecular weight excluding hydrogens is 407 g/mol. The smallest absolute Gasteiger partial charge is 0.274 e. The first kappa shape index (κ1) is 23.6. The van der Waals surface area contributed by atoms with Crippen LogP contribution >= 0.6 is 0 Å². The van der Waals surface area contributed by atoms with Crippen molar-refractivity contribution in [1.82, 2.24) is 15.1 Å². The number of amides is 1. The maximum Gasteiger partial charge on any atom is 0.274 e. The van der Waals surface area contributed by atoms with E-state index in [1.54, 1.807) is 19.1 Å². The molecule has 0 aliphatic carbocycles. The van der Waals surface area contributed by atoms with Crippen molar-refractivity contribution in [3.63, 3.8) is 0 Å². The summed E-state index contributed by atoms with van der Waals surface area (Å²) in [6.45, 7) is 12.7. The van der Waals surface area contributed by atoms with Gasteiger partial charge < -0.3 is 20.2 Å². The molecule has 2 N–H and O–H groups in total. The quantitative estimate of drug-likeness (QED) is 0.681. The molecule has 3 rings (SSSR count). The van der Waals surface area contributed by atoms with Crippen LogP contribution in [-0.4, -0.2) is 46.3 Å². The largest absolute Gasteiger partial charge is 0.504 e. The highest BCUT2D eigenvalue weighted by Crippen LogP contribution is 2.33. The van der Waals surface area contributed by atoms with E-state index in [4.69, 9.17) is 0 Å². The fourth-order valence-corrected chi connectivity index (χ4v) is 4.22. The van der Waals surface area contributed by atoms with E-state index in [1.807, 2.05) is 25.8 Å². The van der Waals surface area contributed by atoms with Gasteiger partial charge in [-0.05, 0) is 62.8 Å². The van der Waals surface area contributed by atoms with E-state index in [9.17, 15) is 14.3 Å². The van der Waals surface area contributed by atoms with Crippen LogP contribution in [0.5, 0.6) is 0 Å². The number of aliphatic hydroxyl groups excluding tert-OH is 1. The number of carbonyl (C=O) groups is 1. The van der Waals surface area contributed by atoms with Crippen molar-refractivity contribution in [3.8, 4) is 0 Å². The number of likely N-dealkylation sites (N-methyl/N-ethyl adjacent to an activating group) is 1. The zero-order valence-corrected chi connectivity index (χ0v) is 19.6. The second-order valence-electron chi connectivity index (χ2n) is 8.62. The van der Waals surface area contributed by atoms with Gasteiger partial charge in [-0.15, -0.1) is 0 Å². The van der Waals surface area contributed by atoms with Crippen LogP contribution in [0.1, 0.15) is 51.2 Å². The number of hydrogen-bond acceptors (Lipinski definition) is 5. The minimum Gasteiger partial charge on any atom is -0.504 e. The molecule has 32 heavy (non-hydrogen) atoms. The van der Waals surface area contributed by atoms with E-state index < -0.39 is 5.91 Å². The van der Waals surface area contributed by atoms with Crippen molar-refractivity contribution >= 4 is 11.7 Å². The number of allylic oxidation sites excluding steroid dienone is 2. The molecule has 1 atom stereocenters. The molecule has 2 aliphatic heterocycles. The number of fused-ring (bicyclic) bond motifs is 1. The van der Waals surface area contributed by atoms with Crippen molar-refractivity contribution in [2.45, 2.75) is 59.5 Å². The Kier molecular flexibility index (Phi) is 7.06. The predicted octanol–water partition coefficient (Wildman–Crippen LogP) is 4.55. The van der Waals surface area contributed by atoms with Gasteiger partial charge in [-0.25, -0.2) is 9.38 Å². The number of aryl methyl sites for hydroxylation is 1. The maximum atomic E-state index is 13.5. The first-order chi connectivity index (χ1) is 15.1. The van der Waals surface area contributed by atoms with Crippen molar-refractivity contribution in [2.24, 2.45) is 4.99 Å². The van der Waals surface area contributed by atoms with Crippen LogP contribution < -0.4 is 5.32 Å². The highest BCUT2D eigenvalue weighted by Gasteiger charge is 2.38. The van der Waals surface area contributed by atoms with Crippen molar-refractivity contribution < 1.29 is 14.3 Å². The molecule has 1 fully saturated rings. The molecule has 2 heterocycles. The number of carbonyl (C=O) groups excluding carboxylic acids is 1. The van der Waals surface area contributed by atoms with Crippen LogP contribution in [0.4, 0.5) is 4.39 Å². The standard InChI is InChI=1S/C25H33FN4O2/c1-7-17(5)29(6)20-9-8-12-30-22(15(2)3)23(31)21(28-24(20)30)25(32)27-14-18-10-11-19(26)16(4)13-18/h10-11,13,20,31H,5,7-9,12,14H2,1-4,6H3,(H,27,32). The second-order valence-corrected chi connectivity index (χ2v) is 8.62. The predicted molar refractivity (Wildman–Crippen MR) is 125 cm³/mol. The topological polar surface area (TPSA) is 68.2 Å². The number of amidine groups is 1. The molecule has 1 aromatic rings. The van der Waals surface area contributed by atoms with Crippen LogP contribution in [0.3, 0.4) is 0 Å². The number of nitrogens with zero attached hydrogens (tertiary/aromatic N) is 3. The molecule has 7 heteroatoms. The fraction of sp³-hybridized carbons (Fsp3) is 0.440. The van der Waals surface area contributed by atoms with Crippen LogP contribution in [0.15, 0.2) is 58.2 Å². The number of rotatable bonds is 6. The molecule has 0 radical (unpaired) electrons. The Bertz CT molecular complexity index is 1020. The first-order valence-electron chi connectivity index (χ1n) is 11.1. The monoisotopic (exact) mass is 440 g/mol. The Morgan fingerprint density at radius 2 is 2.12 bits per heavy atom. The molecule has 1 amide bonds. The number of hydrogen-bond donors (Lipinski definition) is 2. The molecular formula is C25H33FN4O2. The zero-order chi connectivity index (χ0) is 23.6. The lowest BCUT2D eigenvalue weighted by atomic mass is 9.97. The highest BCUT2D eigenvalue weighted by atomic mass is 19.1. The summed E-state index contributed by atoms with van der Waals surface area (Å²) in [5.74, 6) is -0.102. The average Bonchev–Trinajstić information content (AvgIpc) is 2.77. The van der Waals surface area contributed by atoms with Gasteiger partial charge in [0.15, 0.2) is 11.5 Å². The molecule has 1 aromatic carbocycles. The van der Waals surface area contributed by atoms with Crippen LogP contribution in [0, 0.1) is 12.7 Å². The third kappa shape index (κ3) is 4.56. The zero-order valence-electron chi connectivity index (χ0n) is 19.6. The van der Waals surface area contributed by atoms with Gasteiger partial charge in [0, 0.05) is 25.8 Å². The SMILES string of the molecule is C=C(CC)N(C)C1CCCN2C1=NC(C(=O)NCc1ccc(F)c(C)c1)=C(O)C2=C(C)C. The number of nitrogens with one attached hydrogen (secondary N) is 1. The highest BCUT2D eigenvalue weighted by molar-refractivity contribution is 6.02. The number of piperidine rings is 1. The molecule has 172 valence electrons. The van der Waals surface area contributed by atoms with E-state index in [-0.39, 0.29) is 29.9 Å². The third-order valence-corrected chi connectivity index (χ3v) is 6.12. The Hall–Kier alpha value is -3.09. The van der Waals surface area contributed by atoms with Crippen LogP contribution in [-0.2, 0) is 11.3 Å². The van der Waals surface area contributed by atoms with Crippen molar-refractivity contribution in [2.75, 3.05) is 13.6 Å². The summed E-state index contributed by atoms with van der Waals surface area (Å²) in [5, 5.41) is 13.8. The molecule has 0 saturated carbocycles. The minimum absolute atomic E-state index is 0.00805. The summed E-state index contributed by atoms with van der Waals surface area (Å²) in [6, 6.07) is 4.69. The summed E-state index contributed by atoms with van der Waals surface area (Å²) < 4.78 is 13.5. The van der Waals surface area contributed by atoms with E-state index in [0.717, 1.165) is 48.5 Å². The van der Waals surface area contributed by atoms with E-state index in [1.165, 1.54) is 6.07 Å². The molecule has 2 aliphatic rings. The lowest BCUT2D eigenvalue weighted by Gasteiger charge is -2.44. The lowest BCUT2D eigenvalue weighted by Crippen LogP contribution is -2.52. The summed E-state index contributed by atoms with van der Waals surface area (Å²) in [4.78, 5) is 21.9. The van der Waals surface area contributed by atoms with Crippen LogP contribution in [0.2, 0.25) is 0 Å². The number of halogens is 1. The Morgan fingerprint density at radius 3 is 2.75 bits per heavy atom. The summed E-state index contributed by atoms with van der Waals surface area (Å²) in [5.41, 5.74) is 3.84. The van der Waals surface area contributed by atoms with Gasteiger partial charge in [-0.3, -0.25) is 4.79 Å². The van der Waals surface area contributed by atoms with E-state index in [2.05, 4.69) is 28.7 Å². The molecule has 0 aromatic heterocycles. The summed E-state index contributed by atoms with van der Waals surface area (Å²) >= 11 is 0. The average molecular weight is 441 g/mol. The minimum atomic E-state index is -0.461. The number of aliphatic hydroxyl groups is 1. The normalized spacial score (nSPS) is 18.2. The van der Waals surface area contributed by atoms with Crippen molar-refractivity contribution in [3.05, 3.63) is 70.1 Å². The van der Waals surface area contributed by atoms with Crippen LogP contribution in [0.25, 0.3) is 0 Å². The molecule has 1 unspecified atom stereocenters. The molecule has 0 bridgehead atoms. The number of benzene rings is 1. The molecule has 6 nitrogen and oxygen atoms in total. The van der Waals surface area contributed by atoms with Gasteiger partial charge >= 0.3 is 0 Å². The van der Waals surface area contributed by atoms with E-state index in [0.29, 0.717) is 11.3 Å².